The van der Waals surface area contributed by atoms with Crippen molar-refractivity contribution >= 4 is 21.8 Å². The normalized spacial score (nSPS) is 10.9. The summed E-state index contributed by atoms with van der Waals surface area (Å²) in [7, 11) is 0. The van der Waals surface area contributed by atoms with E-state index in [0.717, 1.165) is 33.3 Å². The van der Waals surface area contributed by atoms with Gasteiger partial charge in [0.15, 0.2) is 0 Å². The minimum absolute atomic E-state index is 0.530. The van der Waals surface area contributed by atoms with Gasteiger partial charge in [0.25, 0.3) is 0 Å². The molecule has 5 rings (SSSR count). The first-order valence-corrected chi connectivity index (χ1v) is 9.01. The third kappa shape index (κ3) is 3.23. The Morgan fingerprint density at radius 3 is 1.25 bits per heavy atom. The lowest BCUT2D eigenvalue weighted by Gasteiger charge is -2.09. The van der Waals surface area contributed by atoms with Gasteiger partial charge in [0.1, 0.15) is 22.5 Å². The van der Waals surface area contributed by atoms with E-state index in [1.54, 1.807) is 0 Å². The lowest BCUT2D eigenvalue weighted by molar-refractivity contribution is 0.463. The Hall–Kier alpha value is -3.92. The van der Waals surface area contributed by atoms with E-state index in [9.17, 15) is 0 Å². The van der Waals surface area contributed by atoms with Gasteiger partial charge < -0.3 is 9.47 Å². The summed E-state index contributed by atoms with van der Waals surface area (Å²) in [4.78, 5) is 9.41. The van der Waals surface area contributed by atoms with Gasteiger partial charge in [-0.1, -0.05) is 48.5 Å². The summed E-state index contributed by atoms with van der Waals surface area (Å²) in [6.45, 7) is 0. The van der Waals surface area contributed by atoms with Gasteiger partial charge in [-0.15, -0.1) is 0 Å². The molecule has 4 heteroatoms. The molecule has 0 N–H and O–H groups in total. The van der Waals surface area contributed by atoms with Crippen LogP contribution in [-0.2, 0) is 0 Å². The molecule has 3 aromatic carbocycles. The highest BCUT2D eigenvalue weighted by molar-refractivity contribution is 6.03. The van der Waals surface area contributed by atoms with E-state index in [0.29, 0.717) is 11.8 Å². The largest absolute Gasteiger partial charge is 0.439 e. The molecule has 0 fully saturated rings. The smallest absolute Gasteiger partial charge is 0.219 e. The van der Waals surface area contributed by atoms with Crippen LogP contribution in [0.2, 0.25) is 0 Å². The first-order chi connectivity index (χ1) is 13.8. The van der Waals surface area contributed by atoms with Gasteiger partial charge in [-0.2, -0.15) is 0 Å². The third-order valence-electron chi connectivity index (χ3n) is 4.40. The molecule has 5 aromatic rings. The van der Waals surface area contributed by atoms with Crippen LogP contribution < -0.4 is 9.47 Å². The van der Waals surface area contributed by atoms with Gasteiger partial charge >= 0.3 is 0 Å². The molecule has 0 saturated carbocycles. The van der Waals surface area contributed by atoms with Crippen molar-refractivity contribution in [2.24, 2.45) is 0 Å². The highest BCUT2D eigenvalue weighted by Crippen LogP contribution is 2.29. The minimum atomic E-state index is 0.530. The maximum atomic E-state index is 5.89. The maximum absolute atomic E-state index is 5.89. The summed E-state index contributed by atoms with van der Waals surface area (Å²) in [6.07, 6.45) is 0. The number of fused-ring (bicyclic) bond motifs is 3. The van der Waals surface area contributed by atoms with Crippen LogP contribution in [0.4, 0.5) is 0 Å². The zero-order chi connectivity index (χ0) is 18.8. The van der Waals surface area contributed by atoms with E-state index in [2.05, 4.69) is 0 Å². The summed E-state index contributed by atoms with van der Waals surface area (Å²) in [5.41, 5.74) is 1.56. The number of hydrogen-bond acceptors (Lipinski definition) is 4. The predicted molar refractivity (Wildman–Crippen MR) is 110 cm³/mol. The minimum Gasteiger partial charge on any atom is -0.439 e. The van der Waals surface area contributed by atoms with Crippen molar-refractivity contribution in [2.45, 2.75) is 0 Å². The van der Waals surface area contributed by atoms with Gasteiger partial charge in [0, 0.05) is 22.9 Å². The van der Waals surface area contributed by atoms with Crippen LogP contribution in [0.15, 0.2) is 97.1 Å². The molecule has 4 nitrogen and oxygen atoms in total. The van der Waals surface area contributed by atoms with E-state index < -0.39 is 0 Å². The molecule has 0 unspecified atom stereocenters. The molecule has 0 radical (unpaired) electrons. The quantitative estimate of drug-likeness (QED) is 0.348. The molecule has 0 spiro atoms. The molecule has 0 aliphatic heterocycles. The standard InChI is InChI=1S/C24H16N2O2/c1-3-7-19(8-4-1)27-21-15-13-17-11-12-18-14-16-22(26-24(18)23(17)25-21)28-20-9-5-2-6-10-20/h1-16H. The molecule has 0 bridgehead atoms. The van der Waals surface area contributed by atoms with Crippen LogP contribution >= 0.6 is 0 Å². The summed E-state index contributed by atoms with van der Waals surface area (Å²) in [5.74, 6) is 2.55. The second-order valence-electron chi connectivity index (χ2n) is 6.34. The van der Waals surface area contributed by atoms with Gasteiger partial charge in [-0.3, -0.25) is 0 Å². The molecule has 0 amide bonds. The van der Waals surface area contributed by atoms with Crippen molar-refractivity contribution in [3.63, 3.8) is 0 Å². The molecule has 0 aliphatic rings. The zero-order valence-electron chi connectivity index (χ0n) is 14.9. The molecule has 28 heavy (non-hydrogen) atoms. The second-order valence-corrected chi connectivity index (χ2v) is 6.34. The molecule has 0 saturated heterocycles. The Bertz CT molecular complexity index is 1160. The average Bonchev–Trinajstić information content (AvgIpc) is 2.75. The molecule has 0 atom stereocenters. The van der Waals surface area contributed by atoms with E-state index in [4.69, 9.17) is 19.4 Å². The summed E-state index contributed by atoms with van der Waals surface area (Å²) in [5, 5.41) is 1.99. The van der Waals surface area contributed by atoms with Crippen LogP contribution in [0.5, 0.6) is 23.3 Å². The molecule has 0 aliphatic carbocycles. The number of nitrogens with zero attached hydrogens (tertiary/aromatic N) is 2. The van der Waals surface area contributed by atoms with Gasteiger partial charge in [0.05, 0.1) is 0 Å². The SMILES string of the molecule is c1ccc(Oc2ccc3ccc4ccc(Oc5ccccc5)nc4c3n2)cc1. The van der Waals surface area contributed by atoms with Gasteiger partial charge in [0.2, 0.25) is 11.8 Å². The predicted octanol–water partition coefficient (Wildman–Crippen LogP) is 6.37. The topological polar surface area (TPSA) is 44.2 Å². The number of benzene rings is 3. The van der Waals surface area contributed by atoms with Crippen LogP contribution in [0.25, 0.3) is 21.8 Å². The number of pyridine rings is 2. The van der Waals surface area contributed by atoms with Crippen LogP contribution in [-0.4, -0.2) is 9.97 Å². The zero-order valence-corrected chi connectivity index (χ0v) is 14.9. The Labute approximate surface area is 162 Å². The van der Waals surface area contributed by atoms with Crippen LogP contribution in [0, 0.1) is 0 Å². The van der Waals surface area contributed by atoms with Crippen molar-refractivity contribution in [3.8, 4) is 23.3 Å². The lowest BCUT2D eigenvalue weighted by atomic mass is 10.1. The number of hydrogen-bond donors (Lipinski definition) is 0. The van der Waals surface area contributed by atoms with Gasteiger partial charge in [-0.05, 0) is 36.4 Å². The Morgan fingerprint density at radius 2 is 0.821 bits per heavy atom. The van der Waals surface area contributed by atoms with Gasteiger partial charge in [-0.25, -0.2) is 9.97 Å². The van der Waals surface area contributed by atoms with Crippen molar-refractivity contribution in [1.29, 1.82) is 0 Å². The van der Waals surface area contributed by atoms with E-state index in [-0.39, 0.29) is 0 Å². The fourth-order valence-electron chi connectivity index (χ4n) is 3.06. The highest BCUT2D eigenvalue weighted by Gasteiger charge is 2.08. The maximum Gasteiger partial charge on any atom is 0.219 e. The lowest BCUT2D eigenvalue weighted by Crippen LogP contribution is -1.92. The fraction of sp³-hybridized carbons (Fsp3) is 0. The van der Waals surface area contributed by atoms with Crippen LogP contribution in [0.1, 0.15) is 0 Å². The van der Waals surface area contributed by atoms with E-state index >= 15 is 0 Å². The fourth-order valence-corrected chi connectivity index (χ4v) is 3.06. The monoisotopic (exact) mass is 364 g/mol. The average molecular weight is 364 g/mol. The number of aromatic nitrogens is 2. The van der Waals surface area contributed by atoms with Crippen molar-refractivity contribution < 1.29 is 9.47 Å². The molecular weight excluding hydrogens is 348 g/mol. The molecule has 2 aromatic heterocycles. The Kier molecular flexibility index (Phi) is 4.07. The first kappa shape index (κ1) is 16.3. The summed E-state index contributed by atoms with van der Waals surface area (Å²) < 4.78 is 11.8. The van der Waals surface area contributed by atoms with E-state index in [1.165, 1.54) is 0 Å². The Morgan fingerprint density at radius 1 is 0.429 bits per heavy atom. The third-order valence-corrected chi connectivity index (χ3v) is 4.40. The van der Waals surface area contributed by atoms with Crippen molar-refractivity contribution in [2.75, 3.05) is 0 Å². The van der Waals surface area contributed by atoms with Crippen LogP contribution in [0.3, 0.4) is 0 Å². The number of para-hydroxylation sites is 2. The highest BCUT2D eigenvalue weighted by atomic mass is 16.5. The summed E-state index contributed by atoms with van der Waals surface area (Å²) in [6, 6.07) is 31.0. The number of ether oxygens (including phenoxy) is 2. The summed E-state index contributed by atoms with van der Waals surface area (Å²) >= 11 is 0. The van der Waals surface area contributed by atoms with E-state index in [1.807, 2.05) is 97.1 Å². The number of rotatable bonds is 4. The Balaban J connectivity index is 1.58. The first-order valence-electron chi connectivity index (χ1n) is 9.01. The molecule has 134 valence electrons. The van der Waals surface area contributed by atoms with Crippen molar-refractivity contribution in [3.05, 3.63) is 97.1 Å². The molecule has 2 heterocycles. The molecular formula is C24H16N2O2. The second kappa shape index (κ2) is 7.00. The van der Waals surface area contributed by atoms with Crippen molar-refractivity contribution in [1.82, 2.24) is 9.97 Å².